The number of hydrogen-bond donors (Lipinski definition) is 1. The SMILES string of the molecule is C=CCOc1ccc(C(=O)Nc2ccc(C)c([N+](=O)[O-])c2)cc1OCC. The quantitative estimate of drug-likeness (QED) is 0.436. The molecule has 0 aliphatic carbocycles. The third-order valence-electron chi connectivity index (χ3n) is 3.53. The van der Waals surface area contributed by atoms with Gasteiger partial charge in [-0.05, 0) is 38.1 Å². The summed E-state index contributed by atoms with van der Waals surface area (Å²) in [6.07, 6.45) is 1.61. The number of ether oxygens (including phenoxy) is 2. The van der Waals surface area contributed by atoms with E-state index in [1.165, 1.54) is 6.07 Å². The molecule has 2 rings (SSSR count). The molecule has 0 unspecified atom stereocenters. The van der Waals surface area contributed by atoms with Gasteiger partial charge in [-0.3, -0.25) is 14.9 Å². The molecule has 0 aliphatic rings. The molecule has 136 valence electrons. The molecule has 0 saturated heterocycles. The van der Waals surface area contributed by atoms with Crippen molar-refractivity contribution in [1.29, 1.82) is 0 Å². The molecule has 1 amide bonds. The second-order valence-electron chi connectivity index (χ2n) is 5.41. The van der Waals surface area contributed by atoms with Gasteiger partial charge in [-0.15, -0.1) is 0 Å². The van der Waals surface area contributed by atoms with Gasteiger partial charge in [-0.25, -0.2) is 0 Å². The highest BCUT2D eigenvalue weighted by molar-refractivity contribution is 6.04. The van der Waals surface area contributed by atoms with Crippen LogP contribution in [0.4, 0.5) is 11.4 Å². The Kier molecular flexibility index (Phi) is 6.32. The number of aryl methyl sites for hydroxylation is 1. The first-order chi connectivity index (χ1) is 12.5. The molecule has 2 aromatic rings. The first kappa shape index (κ1) is 19.0. The van der Waals surface area contributed by atoms with E-state index in [2.05, 4.69) is 11.9 Å². The highest BCUT2D eigenvalue weighted by Crippen LogP contribution is 2.29. The van der Waals surface area contributed by atoms with Gasteiger partial charge >= 0.3 is 0 Å². The maximum absolute atomic E-state index is 12.5. The van der Waals surface area contributed by atoms with Gasteiger partial charge in [0.05, 0.1) is 11.5 Å². The summed E-state index contributed by atoms with van der Waals surface area (Å²) in [5.41, 5.74) is 1.17. The van der Waals surface area contributed by atoms with Crippen molar-refractivity contribution in [3.8, 4) is 11.5 Å². The van der Waals surface area contributed by atoms with Crippen LogP contribution in [0.25, 0.3) is 0 Å². The number of nitrogens with one attached hydrogen (secondary N) is 1. The van der Waals surface area contributed by atoms with Gasteiger partial charge in [-0.2, -0.15) is 0 Å². The fourth-order valence-corrected chi connectivity index (χ4v) is 2.27. The number of anilines is 1. The molecule has 0 bridgehead atoms. The minimum Gasteiger partial charge on any atom is -0.490 e. The lowest BCUT2D eigenvalue weighted by Gasteiger charge is -2.12. The van der Waals surface area contributed by atoms with Gasteiger partial charge < -0.3 is 14.8 Å². The van der Waals surface area contributed by atoms with E-state index in [0.29, 0.717) is 41.5 Å². The zero-order chi connectivity index (χ0) is 19.1. The zero-order valence-electron chi connectivity index (χ0n) is 14.7. The predicted molar refractivity (Wildman–Crippen MR) is 99.1 cm³/mol. The summed E-state index contributed by atoms with van der Waals surface area (Å²) in [7, 11) is 0. The predicted octanol–water partition coefficient (Wildman–Crippen LogP) is 4.12. The molecule has 0 spiro atoms. The second-order valence-corrected chi connectivity index (χ2v) is 5.41. The normalized spacial score (nSPS) is 10.1. The van der Waals surface area contributed by atoms with E-state index in [1.807, 2.05) is 6.92 Å². The van der Waals surface area contributed by atoms with E-state index in [0.717, 1.165) is 0 Å². The van der Waals surface area contributed by atoms with Crippen LogP contribution in [0.2, 0.25) is 0 Å². The summed E-state index contributed by atoms with van der Waals surface area (Å²) in [4.78, 5) is 23.0. The van der Waals surface area contributed by atoms with Crippen LogP contribution in [-0.2, 0) is 0 Å². The Labute approximate surface area is 151 Å². The Morgan fingerprint density at radius 2 is 2.00 bits per heavy atom. The maximum Gasteiger partial charge on any atom is 0.274 e. The molecule has 0 atom stereocenters. The van der Waals surface area contributed by atoms with E-state index >= 15 is 0 Å². The maximum atomic E-state index is 12.5. The standard InChI is InChI=1S/C19H20N2O5/c1-4-10-26-17-9-7-14(11-18(17)25-5-2)19(22)20-15-8-6-13(3)16(12-15)21(23)24/h4,6-9,11-12H,1,5,10H2,2-3H3,(H,20,22). The minimum absolute atomic E-state index is 0.0500. The van der Waals surface area contributed by atoms with Crippen LogP contribution in [0.3, 0.4) is 0 Å². The highest BCUT2D eigenvalue weighted by Gasteiger charge is 2.15. The monoisotopic (exact) mass is 356 g/mol. The van der Waals surface area contributed by atoms with Gasteiger partial charge in [0.15, 0.2) is 11.5 Å². The Bertz CT molecular complexity index is 833. The number of amides is 1. The second kappa shape index (κ2) is 8.66. The van der Waals surface area contributed by atoms with Crippen molar-refractivity contribution in [3.05, 3.63) is 70.3 Å². The fraction of sp³-hybridized carbons (Fsp3) is 0.211. The number of carbonyl (C=O) groups excluding carboxylic acids is 1. The summed E-state index contributed by atoms with van der Waals surface area (Å²) in [5, 5.41) is 13.7. The number of nitro groups is 1. The van der Waals surface area contributed by atoms with Gasteiger partial charge in [-0.1, -0.05) is 18.7 Å². The summed E-state index contributed by atoms with van der Waals surface area (Å²) in [6.45, 7) is 7.79. The van der Waals surface area contributed by atoms with Crippen LogP contribution in [0.5, 0.6) is 11.5 Å². The molecule has 2 aromatic carbocycles. The van der Waals surface area contributed by atoms with Crippen LogP contribution in [0, 0.1) is 17.0 Å². The number of nitro benzene ring substituents is 1. The Morgan fingerprint density at radius 1 is 1.23 bits per heavy atom. The third-order valence-corrected chi connectivity index (χ3v) is 3.53. The van der Waals surface area contributed by atoms with E-state index in [1.54, 1.807) is 43.3 Å². The zero-order valence-corrected chi connectivity index (χ0v) is 14.7. The molecule has 0 aliphatic heterocycles. The molecule has 0 saturated carbocycles. The van der Waals surface area contributed by atoms with Crippen molar-refractivity contribution in [2.75, 3.05) is 18.5 Å². The van der Waals surface area contributed by atoms with Gasteiger partial charge in [0.2, 0.25) is 0 Å². The van der Waals surface area contributed by atoms with Crippen molar-refractivity contribution < 1.29 is 19.2 Å². The van der Waals surface area contributed by atoms with Gasteiger partial charge in [0.1, 0.15) is 6.61 Å². The molecule has 1 N–H and O–H groups in total. The molecular weight excluding hydrogens is 336 g/mol. The van der Waals surface area contributed by atoms with Gasteiger partial charge in [0, 0.05) is 22.9 Å². The molecule has 7 heteroatoms. The van der Waals surface area contributed by atoms with E-state index in [9.17, 15) is 14.9 Å². The lowest BCUT2D eigenvalue weighted by molar-refractivity contribution is -0.385. The highest BCUT2D eigenvalue weighted by atomic mass is 16.6. The van der Waals surface area contributed by atoms with Crippen LogP contribution < -0.4 is 14.8 Å². The first-order valence-corrected chi connectivity index (χ1v) is 8.03. The number of rotatable bonds is 8. The smallest absolute Gasteiger partial charge is 0.274 e. The Morgan fingerprint density at radius 3 is 2.65 bits per heavy atom. The number of carbonyl (C=O) groups is 1. The van der Waals surface area contributed by atoms with Crippen molar-refractivity contribution in [3.63, 3.8) is 0 Å². The average molecular weight is 356 g/mol. The summed E-state index contributed by atoms with van der Waals surface area (Å²) in [6, 6.07) is 9.34. The van der Waals surface area contributed by atoms with Crippen molar-refractivity contribution in [1.82, 2.24) is 0 Å². The Balaban J connectivity index is 2.23. The number of nitrogens with zero attached hydrogens (tertiary/aromatic N) is 1. The summed E-state index contributed by atoms with van der Waals surface area (Å²) in [5.74, 6) is 0.547. The van der Waals surface area contributed by atoms with E-state index in [-0.39, 0.29) is 5.69 Å². The number of benzene rings is 2. The topological polar surface area (TPSA) is 90.7 Å². The van der Waals surface area contributed by atoms with Crippen LogP contribution in [-0.4, -0.2) is 24.0 Å². The molecular formula is C19H20N2O5. The third kappa shape index (κ3) is 4.60. The average Bonchev–Trinajstić information content (AvgIpc) is 2.62. The fourth-order valence-electron chi connectivity index (χ4n) is 2.27. The summed E-state index contributed by atoms with van der Waals surface area (Å²) < 4.78 is 11.0. The first-order valence-electron chi connectivity index (χ1n) is 8.03. The molecule has 0 heterocycles. The molecule has 0 aromatic heterocycles. The van der Waals surface area contributed by atoms with E-state index < -0.39 is 10.8 Å². The van der Waals surface area contributed by atoms with Crippen LogP contribution in [0.1, 0.15) is 22.8 Å². The van der Waals surface area contributed by atoms with Crippen LogP contribution in [0.15, 0.2) is 49.1 Å². The largest absolute Gasteiger partial charge is 0.490 e. The van der Waals surface area contributed by atoms with Gasteiger partial charge in [0.25, 0.3) is 11.6 Å². The minimum atomic E-state index is -0.482. The molecule has 7 nitrogen and oxygen atoms in total. The lowest BCUT2D eigenvalue weighted by atomic mass is 10.1. The molecule has 0 fully saturated rings. The number of hydrogen-bond acceptors (Lipinski definition) is 5. The van der Waals surface area contributed by atoms with Crippen molar-refractivity contribution in [2.24, 2.45) is 0 Å². The lowest BCUT2D eigenvalue weighted by Crippen LogP contribution is -2.12. The van der Waals surface area contributed by atoms with Crippen molar-refractivity contribution in [2.45, 2.75) is 13.8 Å². The Hall–Kier alpha value is -3.35. The van der Waals surface area contributed by atoms with Crippen molar-refractivity contribution >= 4 is 17.3 Å². The molecule has 26 heavy (non-hydrogen) atoms. The van der Waals surface area contributed by atoms with Crippen LogP contribution >= 0.6 is 0 Å². The summed E-state index contributed by atoms with van der Waals surface area (Å²) >= 11 is 0. The molecule has 0 radical (unpaired) electrons. The van der Waals surface area contributed by atoms with E-state index in [4.69, 9.17) is 9.47 Å².